The second-order valence-corrected chi connectivity index (χ2v) is 8.76. The fourth-order valence-electron chi connectivity index (χ4n) is 4.46. The highest BCUT2D eigenvalue weighted by atomic mass is 16.3. The van der Waals surface area contributed by atoms with Gasteiger partial charge in [-0.15, -0.1) is 5.10 Å². The molecule has 1 amide bonds. The van der Waals surface area contributed by atoms with Crippen molar-refractivity contribution < 1.29 is 24.9 Å². The Kier molecular flexibility index (Phi) is 7.75. The van der Waals surface area contributed by atoms with E-state index in [1.165, 1.54) is 0 Å². The minimum Gasteiger partial charge on any atom is -0.391 e. The number of aliphatic hydroxyl groups excluding tert-OH is 3. The van der Waals surface area contributed by atoms with Gasteiger partial charge in [0, 0.05) is 30.4 Å². The van der Waals surface area contributed by atoms with Gasteiger partial charge in [-0.05, 0) is 11.6 Å². The van der Waals surface area contributed by atoms with E-state index in [2.05, 4.69) is 10.3 Å². The third kappa shape index (κ3) is 5.19. The minimum atomic E-state index is -1.04. The number of aldehydes is 1. The second-order valence-electron chi connectivity index (χ2n) is 8.76. The molecule has 1 aliphatic heterocycles. The molecule has 0 spiro atoms. The molecule has 2 heterocycles. The largest absolute Gasteiger partial charge is 0.391 e. The Morgan fingerprint density at radius 1 is 1.06 bits per heavy atom. The Balaban J connectivity index is 1.78. The fourth-order valence-corrected chi connectivity index (χ4v) is 4.46. The lowest BCUT2D eigenvalue weighted by molar-refractivity contribution is -0.120. The molecule has 3 N–H and O–H groups in total. The Labute approximate surface area is 204 Å². The predicted octanol–water partition coefficient (Wildman–Crippen LogP) is 0.962. The van der Waals surface area contributed by atoms with Gasteiger partial charge in [-0.25, -0.2) is 4.68 Å². The molecule has 3 atom stereocenters. The summed E-state index contributed by atoms with van der Waals surface area (Å²) in [6, 6.07) is 15.1. The molecule has 0 unspecified atom stereocenters. The van der Waals surface area contributed by atoms with E-state index in [9.17, 15) is 24.9 Å². The van der Waals surface area contributed by atoms with Gasteiger partial charge in [0.15, 0.2) is 0 Å². The average Bonchev–Trinajstić information content (AvgIpc) is 3.26. The normalized spacial score (nSPS) is 15.1. The zero-order valence-corrected chi connectivity index (χ0v) is 19.6. The number of rotatable bonds is 9. The number of fused-ring (bicyclic) bond motifs is 5. The van der Waals surface area contributed by atoms with E-state index >= 15 is 0 Å². The molecule has 0 aliphatic carbocycles. The highest BCUT2D eigenvalue weighted by Gasteiger charge is 2.29. The average molecular weight is 476 g/mol. The van der Waals surface area contributed by atoms with Crippen molar-refractivity contribution in [2.24, 2.45) is 0 Å². The van der Waals surface area contributed by atoms with Crippen LogP contribution in [0.5, 0.6) is 0 Å². The summed E-state index contributed by atoms with van der Waals surface area (Å²) in [5.74, 6) is -0.158. The zero-order valence-electron chi connectivity index (χ0n) is 19.6. The third-order valence-corrected chi connectivity index (χ3v) is 6.32. The molecule has 0 bridgehead atoms. The van der Waals surface area contributed by atoms with Crippen LogP contribution in [0.25, 0.3) is 22.5 Å². The summed E-state index contributed by atoms with van der Waals surface area (Å²) in [4.78, 5) is 25.7. The van der Waals surface area contributed by atoms with Gasteiger partial charge in [0.05, 0.1) is 42.8 Å². The van der Waals surface area contributed by atoms with Crippen LogP contribution >= 0.6 is 0 Å². The highest BCUT2D eigenvalue weighted by Crippen LogP contribution is 2.41. The fraction of sp³-hybridized carbons (Fsp3) is 0.360. The van der Waals surface area contributed by atoms with Crippen molar-refractivity contribution in [3.05, 3.63) is 54.1 Å². The predicted molar refractivity (Wildman–Crippen MR) is 133 cm³/mol. The van der Waals surface area contributed by atoms with Gasteiger partial charge >= 0.3 is 0 Å². The second kappa shape index (κ2) is 10.9. The molecule has 9 nitrogen and oxygen atoms in total. The molecule has 0 saturated carbocycles. The van der Waals surface area contributed by atoms with Gasteiger partial charge in [-0.1, -0.05) is 54.0 Å². The van der Waals surface area contributed by atoms with E-state index in [1.807, 2.05) is 48.5 Å². The summed E-state index contributed by atoms with van der Waals surface area (Å²) in [6.07, 6.45) is -1.51. The SMILES string of the molecule is BC[C@@H](O)[C@H](O)C[C@@H](O)Cn1nnc2c1-c1ccccc1CN(C(=O)CCC=O)c1ccccc1-2. The lowest BCUT2D eigenvalue weighted by Crippen LogP contribution is -2.32. The monoisotopic (exact) mass is 476 g/mol. The molecule has 182 valence electrons. The number of para-hydroxylation sites is 1. The van der Waals surface area contributed by atoms with Gasteiger partial charge in [-0.2, -0.15) is 0 Å². The van der Waals surface area contributed by atoms with E-state index in [4.69, 9.17) is 0 Å². The van der Waals surface area contributed by atoms with Crippen LogP contribution in [0, 0.1) is 0 Å². The quantitative estimate of drug-likeness (QED) is 0.310. The number of aromatic nitrogens is 3. The van der Waals surface area contributed by atoms with E-state index < -0.39 is 18.3 Å². The molecule has 35 heavy (non-hydrogen) atoms. The molecule has 0 saturated heterocycles. The first-order valence-electron chi connectivity index (χ1n) is 11.8. The summed E-state index contributed by atoms with van der Waals surface area (Å²) < 4.78 is 1.62. The number of benzene rings is 2. The lowest BCUT2D eigenvalue weighted by Gasteiger charge is -2.28. The van der Waals surface area contributed by atoms with Crippen LogP contribution in [0.15, 0.2) is 48.5 Å². The molecular formula is C25H29BN4O5. The van der Waals surface area contributed by atoms with Crippen molar-refractivity contribution in [3.63, 3.8) is 0 Å². The zero-order chi connectivity index (χ0) is 24.9. The number of anilines is 1. The van der Waals surface area contributed by atoms with Crippen LogP contribution in [0.2, 0.25) is 6.32 Å². The molecule has 2 aromatic carbocycles. The molecule has 1 aliphatic rings. The molecule has 0 fully saturated rings. The molecule has 4 rings (SSSR count). The molecule has 3 aromatic rings. The van der Waals surface area contributed by atoms with Gasteiger partial charge in [-0.3, -0.25) is 4.79 Å². The molecule has 0 radical (unpaired) electrons. The number of aliphatic hydroxyl groups is 3. The Morgan fingerprint density at radius 3 is 2.51 bits per heavy atom. The number of amides is 1. The highest BCUT2D eigenvalue weighted by molar-refractivity contribution is 6.08. The number of carbonyl (C=O) groups is 2. The van der Waals surface area contributed by atoms with Crippen LogP contribution in [0.4, 0.5) is 5.69 Å². The maximum atomic E-state index is 13.1. The summed E-state index contributed by atoms with van der Waals surface area (Å²) in [6.45, 7) is 0.383. The van der Waals surface area contributed by atoms with Crippen LogP contribution in [-0.4, -0.2) is 68.7 Å². The first kappa shape index (κ1) is 24.8. The van der Waals surface area contributed by atoms with Crippen molar-refractivity contribution in [1.29, 1.82) is 0 Å². The van der Waals surface area contributed by atoms with Crippen molar-refractivity contribution >= 4 is 25.7 Å². The summed E-state index contributed by atoms with van der Waals surface area (Å²) in [5.41, 5.74) is 4.38. The van der Waals surface area contributed by atoms with Gasteiger partial charge in [0.2, 0.25) is 5.91 Å². The van der Waals surface area contributed by atoms with Crippen LogP contribution in [0.1, 0.15) is 24.8 Å². The van der Waals surface area contributed by atoms with Gasteiger partial charge in [0.1, 0.15) is 19.8 Å². The van der Waals surface area contributed by atoms with E-state index in [-0.39, 0.29) is 31.7 Å². The van der Waals surface area contributed by atoms with Crippen molar-refractivity contribution in [2.45, 2.75) is 57.0 Å². The third-order valence-electron chi connectivity index (χ3n) is 6.32. The molecule has 10 heteroatoms. The topological polar surface area (TPSA) is 129 Å². The van der Waals surface area contributed by atoms with Gasteiger partial charge in [0.25, 0.3) is 0 Å². The van der Waals surface area contributed by atoms with Crippen LogP contribution < -0.4 is 4.90 Å². The van der Waals surface area contributed by atoms with Gasteiger partial charge < -0.3 is 25.0 Å². The first-order valence-corrected chi connectivity index (χ1v) is 11.8. The standard InChI is InChI=1S/C25H29BN4O5/c26-13-22(34)21(33)12-17(32)15-30-25-18-7-2-1-6-16(18)14-29(23(35)10-5-11-31)20-9-4-3-8-19(20)24(25)27-28-30/h1-4,6-9,11,17,21-22,32-34H,5,10,12-15,26H2/t17-,21-,22-/m1/s1. The van der Waals surface area contributed by atoms with Crippen molar-refractivity contribution in [3.8, 4) is 22.5 Å². The summed E-state index contributed by atoms with van der Waals surface area (Å²) in [5, 5.41) is 39.5. The van der Waals surface area contributed by atoms with Crippen LogP contribution in [-0.2, 0) is 22.7 Å². The smallest absolute Gasteiger partial charge is 0.227 e. The minimum absolute atomic E-state index is 0.000878. The van der Waals surface area contributed by atoms with E-state index in [0.29, 0.717) is 29.9 Å². The van der Waals surface area contributed by atoms with Crippen molar-refractivity contribution in [2.75, 3.05) is 4.90 Å². The van der Waals surface area contributed by atoms with Crippen LogP contribution in [0.3, 0.4) is 0 Å². The molecular weight excluding hydrogens is 447 g/mol. The van der Waals surface area contributed by atoms with E-state index in [1.54, 1.807) is 17.4 Å². The number of hydrogen-bond acceptors (Lipinski definition) is 7. The Hall–Kier alpha value is -3.34. The maximum Gasteiger partial charge on any atom is 0.227 e. The number of nitrogens with zero attached hydrogens (tertiary/aromatic N) is 4. The summed E-state index contributed by atoms with van der Waals surface area (Å²) >= 11 is 0. The Bertz CT molecular complexity index is 1200. The first-order chi connectivity index (χ1) is 16.9. The Morgan fingerprint density at radius 2 is 1.77 bits per heavy atom. The number of carbonyl (C=O) groups excluding carboxylic acids is 2. The summed E-state index contributed by atoms with van der Waals surface area (Å²) in [7, 11) is 1.77. The maximum absolute atomic E-state index is 13.1. The molecule has 1 aromatic heterocycles. The van der Waals surface area contributed by atoms with E-state index in [0.717, 1.165) is 23.0 Å². The van der Waals surface area contributed by atoms with Crippen molar-refractivity contribution in [1.82, 2.24) is 15.0 Å². The number of hydrogen-bond donors (Lipinski definition) is 3. The lowest BCUT2D eigenvalue weighted by atomic mass is 9.93.